The van der Waals surface area contributed by atoms with Gasteiger partial charge in [0, 0.05) is 31.4 Å². The van der Waals surface area contributed by atoms with Crippen LogP contribution in [0, 0.1) is 0 Å². The first-order chi connectivity index (χ1) is 12.6. The number of hydrogen-bond acceptors (Lipinski definition) is 2. The summed E-state index contributed by atoms with van der Waals surface area (Å²) in [6.07, 6.45) is 2.11. The maximum absolute atomic E-state index is 12.3. The number of rotatable bonds is 5. The van der Waals surface area contributed by atoms with E-state index in [1.54, 1.807) is 11.8 Å². The number of amides is 2. The summed E-state index contributed by atoms with van der Waals surface area (Å²) in [6, 6.07) is 11.0. The summed E-state index contributed by atoms with van der Waals surface area (Å²) in [7, 11) is 0. The molecule has 0 unspecified atom stereocenters. The lowest BCUT2D eigenvalue weighted by Crippen LogP contribution is -3.16. The van der Waals surface area contributed by atoms with Crippen molar-refractivity contribution >= 4 is 11.8 Å². The number of hydrogen-bond donors (Lipinski definition) is 3. The van der Waals surface area contributed by atoms with Gasteiger partial charge in [0.1, 0.15) is 6.54 Å². The van der Waals surface area contributed by atoms with E-state index in [0.717, 1.165) is 58.7 Å². The van der Waals surface area contributed by atoms with Gasteiger partial charge in [-0.05, 0) is 0 Å². The highest BCUT2D eigenvalue weighted by Gasteiger charge is 2.27. The van der Waals surface area contributed by atoms with Gasteiger partial charge in [0.2, 0.25) is 5.91 Å². The number of quaternary nitrogens is 2. The van der Waals surface area contributed by atoms with Crippen LogP contribution in [0.1, 0.15) is 25.3 Å². The molecule has 1 aromatic carbocycles. The van der Waals surface area contributed by atoms with Crippen molar-refractivity contribution in [2.45, 2.75) is 32.4 Å². The maximum atomic E-state index is 12.3. The fraction of sp³-hybridized carbons (Fsp3) is 0.600. The minimum Gasteiger partial charge on any atom is -0.348 e. The SMILES string of the molecule is CC(=O)N1CC[NH+](CC(=O)NC2CC[NH+](Cc3ccccc3)CC2)CC1. The molecule has 6 nitrogen and oxygen atoms in total. The summed E-state index contributed by atoms with van der Waals surface area (Å²) >= 11 is 0. The van der Waals surface area contributed by atoms with Crippen LogP contribution in [0.2, 0.25) is 0 Å². The van der Waals surface area contributed by atoms with Crippen LogP contribution in [0.25, 0.3) is 0 Å². The van der Waals surface area contributed by atoms with Gasteiger partial charge in [-0.15, -0.1) is 0 Å². The van der Waals surface area contributed by atoms with Gasteiger partial charge in [0.15, 0.2) is 6.54 Å². The van der Waals surface area contributed by atoms with Gasteiger partial charge in [-0.25, -0.2) is 0 Å². The minimum atomic E-state index is 0.137. The standard InChI is InChI=1S/C20H30N4O2/c1-17(25)24-13-11-23(12-14-24)16-20(26)21-19-7-9-22(10-8-19)15-18-5-3-2-4-6-18/h2-6,19H,7-16H2,1H3,(H,21,26)/p+2. The topological polar surface area (TPSA) is 58.3 Å². The lowest BCUT2D eigenvalue weighted by atomic mass is 10.0. The summed E-state index contributed by atoms with van der Waals surface area (Å²) in [5, 5.41) is 3.23. The van der Waals surface area contributed by atoms with Crippen LogP contribution >= 0.6 is 0 Å². The number of likely N-dealkylation sites (tertiary alicyclic amines) is 1. The Bertz CT molecular complexity index is 591. The lowest BCUT2D eigenvalue weighted by Gasteiger charge is -2.32. The van der Waals surface area contributed by atoms with E-state index in [1.165, 1.54) is 10.5 Å². The Morgan fingerprint density at radius 2 is 1.69 bits per heavy atom. The Balaban J connectivity index is 1.34. The largest absolute Gasteiger partial charge is 0.348 e. The van der Waals surface area contributed by atoms with E-state index in [4.69, 9.17) is 0 Å². The first-order valence-electron chi connectivity index (χ1n) is 9.86. The minimum absolute atomic E-state index is 0.137. The van der Waals surface area contributed by atoms with Crippen molar-refractivity contribution in [2.24, 2.45) is 0 Å². The van der Waals surface area contributed by atoms with Crippen molar-refractivity contribution < 1.29 is 19.4 Å². The molecule has 26 heavy (non-hydrogen) atoms. The van der Waals surface area contributed by atoms with E-state index in [1.807, 2.05) is 4.90 Å². The molecule has 2 amide bonds. The predicted molar refractivity (Wildman–Crippen MR) is 99.8 cm³/mol. The smallest absolute Gasteiger partial charge is 0.275 e. The summed E-state index contributed by atoms with van der Waals surface area (Å²) in [5.74, 6) is 0.297. The molecular formula is C20H32N4O2+2. The zero-order chi connectivity index (χ0) is 18.4. The molecule has 2 fully saturated rings. The molecule has 0 aromatic heterocycles. The number of nitrogens with one attached hydrogen (secondary N) is 3. The van der Waals surface area contributed by atoms with Crippen LogP contribution in [0.3, 0.4) is 0 Å². The zero-order valence-corrected chi connectivity index (χ0v) is 15.8. The molecule has 2 saturated heterocycles. The highest BCUT2D eigenvalue weighted by Crippen LogP contribution is 2.01. The number of carbonyl (C=O) groups is 2. The van der Waals surface area contributed by atoms with Crippen LogP contribution in [0.4, 0.5) is 0 Å². The normalized spacial score (nSPS) is 24.3. The van der Waals surface area contributed by atoms with Crippen molar-refractivity contribution in [3.05, 3.63) is 35.9 Å². The second-order valence-electron chi connectivity index (χ2n) is 7.69. The molecule has 2 aliphatic heterocycles. The third-order valence-electron chi connectivity index (χ3n) is 5.68. The Hall–Kier alpha value is -1.92. The number of carbonyl (C=O) groups excluding carboxylic acids is 2. The van der Waals surface area contributed by atoms with Gasteiger partial charge >= 0.3 is 0 Å². The van der Waals surface area contributed by atoms with Crippen molar-refractivity contribution in [3.63, 3.8) is 0 Å². The van der Waals surface area contributed by atoms with E-state index in [0.29, 0.717) is 12.6 Å². The number of benzene rings is 1. The van der Waals surface area contributed by atoms with Gasteiger partial charge in [-0.1, -0.05) is 30.3 Å². The molecule has 2 heterocycles. The molecule has 1 aromatic rings. The molecule has 0 spiro atoms. The molecule has 2 aliphatic rings. The van der Waals surface area contributed by atoms with E-state index in [2.05, 4.69) is 35.6 Å². The van der Waals surface area contributed by atoms with Crippen molar-refractivity contribution in [1.82, 2.24) is 10.2 Å². The third kappa shape index (κ3) is 5.54. The highest BCUT2D eigenvalue weighted by molar-refractivity contribution is 5.77. The van der Waals surface area contributed by atoms with Gasteiger partial charge in [-0.2, -0.15) is 0 Å². The molecule has 6 heteroatoms. The first kappa shape index (κ1) is 18.9. The quantitative estimate of drug-likeness (QED) is 0.574. The van der Waals surface area contributed by atoms with Crippen LogP contribution in [-0.2, 0) is 16.1 Å². The van der Waals surface area contributed by atoms with E-state index < -0.39 is 0 Å². The second-order valence-corrected chi connectivity index (χ2v) is 7.69. The molecule has 0 atom stereocenters. The Labute approximate surface area is 156 Å². The van der Waals surface area contributed by atoms with E-state index in [9.17, 15) is 9.59 Å². The van der Waals surface area contributed by atoms with Crippen LogP contribution in [0.15, 0.2) is 30.3 Å². The van der Waals surface area contributed by atoms with E-state index >= 15 is 0 Å². The second kappa shape index (κ2) is 9.14. The average Bonchev–Trinajstić information content (AvgIpc) is 2.64. The first-order valence-corrected chi connectivity index (χ1v) is 9.86. The molecule has 0 bridgehead atoms. The summed E-state index contributed by atoms with van der Waals surface area (Å²) < 4.78 is 0. The van der Waals surface area contributed by atoms with Gasteiger partial charge < -0.3 is 20.0 Å². The number of piperidine rings is 1. The Morgan fingerprint density at radius 1 is 1.04 bits per heavy atom. The fourth-order valence-electron chi connectivity index (χ4n) is 4.05. The van der Waals surface area contributed by atoms with Crippen molar-refractivity contribution in [3.8, 4) is 0 Å². The molecule has 3 N–H and O–H groups in total. The Kier molecular flexibility index (Phi) is 6.63. The number of nitrogens with zero attached hydrogens (tertiary/aromatic N) is 1. The van der Waals surface area contributed by atoms with Gasteiger partial charge in [0.05, 0.1) is 39.3 Å². The third-order valence-corrected chi connectivity index (χ3v) is 5.68. The summed E-state index contributed by atoms with van der Waals surface area (Å²) in [6.45, 7) is 8.71. The van der Waals surface area contributed by atoms with Crippen molar-refractivity contribution in [1.29, 1.82) is 0 Å². The summed E-state index contributed by atoms with van der Waals surface area (Å²) in [5.41, 5.74) is 1.39. The van der Waals surface area contributed by atoms with Crippen LogP contribution in [0.5, 0.6) is 0 Å². The monoisotopic (exact) mass is 360 g/mol. The van der Waals surface area contributed by atoms with Gasteiger partial charge in [-0.3, -0.25) is 9.59 Å². The molecule has 0 aliphatic carbocycles. The summed E-state index contributed by atoms with van der Waals surface area (Å²) in [4.78, 5) is 28.5. The average molecular weight is 361 g/mol. The highest BCUT2D eigenvalue weighted by atomic mass is 16.2. The van der Waals surface area contributed by atoms with E-state index in [-0.39, 0.29) is 11.8 Å². The van der Waals surface area contributed by atoms with Crippen molar-refractivity contribution in [2.75, 3.05) is 45.8 Å². The zero-order valence-electron chi connectivity index (χ0n) is 15.8. The molecule has 0 radical (unpaired) electrons. The van der Waals surface area contributed by atoms with Gasteiger partial charge in [0.25, 0.3) is 5.91 Å². The predicted octanol–water partition coefficient (Wildman–Crippen LogP) is -1.90. The van der Waals surface area contributed by atoms with Crippen LogP contribution in [-0.4, -0.2) is 68.6 Å². The molecule has 142 valence electrons. The Morgan fingerprint density at radius 3 is 2.31 bits per heavy atom. The molecular weight excluding hydrogens is 328 g/mol. The molecule has 0 saturated carbocycles. The van der Waals surface area contributed by atoms with Crippen LogP contribution < -0.4 is 15.1 Å². The maximum Gasteiger partial charge on any atom is 0.275 e. The fourth-order valence-corrected chi connectivity index (χ4v) is 4.05. The molecule has 3 rings (SSSR count). The lowest BCUT2D eigenvalue weighted by molar-refractivity contribution is -0.918. The number of piperazine rings is 1.